The van der Waals surface area contributed by atoms with E-state index >= 15 is 0 Å². The van der Waals surface area contributed by atoms with Crippen molar-refractivity contribution in [3.8, 4) is 5.75 Å². The maximum absolute atomic E-state index is 13.5. The number of benzene rings is 1. The van der Waals surface area contributed by atoms with E-state index in [0.717, 1.165) is 13.2 Å². The quantitative estimate of drug-likeness (QED) is 0.639. The Labute approximate surface area is 112 Å². The Morgan fingerprint density at radius 3 is 2.40 bits per heavy atom. The van der Waals surface area contributed by atoms with Crippen molar-refractivity contribution in [2.45, 2.75) is 17.5 Å². The summed E-state index contributed by atoms with van der Waals surface area (Å²) in [5.41, 5.74) is 5.12. The van der Waals surface area contributed by atoms with E-state index in [1.165, 1.54) is 0 Å². The number of anilines is 1. The Hall–Kier alpha value is -1.55. The monoisotopic (exact) mass is 316 g/mol. The van der Waals surface area contributed by atoms with Gasteiger partial charge in [0.15, 0.2) is 11.6 Å². The molecule has 0 aromatic heterocycles. The second kappa shape index (κ2) is 5.83. The summed E-state index contributed by atoms with van der Waals surface area (Å²) in [5.74, 6) is -1.36. The van der Waals surface area contributed by atoms with Crippen molar-refractivity contribution in [3.05, 3.63) is 17.9 Å². The van der Waals surface area contributed by atoms with Gasteiger partial charge in [0.1, 0.15) is 0 Å². The lowest BCUT2D eigenvalue weighted by molar-refractivity contribution is -0.132. The first-order valence-electron chi connectivity index (χ1n) is 5.26. The molecule has 3 N–H and O–H groups in total. The maximum atomic E-state index is 13.5. The minimum absolute atomic E-state index is 0.274. The fraction of sp³-hybridized carbons (Fsp3) is 0.400. The normalized spacial score (nSPS) is 12.4. The molecule has 0 bridgehead atoms. The molecule has 0 aliphatic heterocycles. The Balaban J connectivity index is 2.94. The first-order valence-corrected chi connectivity index (χ1v) is 6.74. The van der Waals surface area contributed by atoms with Crippen LogP contribution in [0.3, 0.4) is 0 Å². The molecule has 0 saturated carbocycles. The number of nitrogens with one attached hydrogen (secondary N) is 1. The van der Waals surface area contributed by atoms with E-state index < -0.39 is 39.9 Å². The summed E-state index contributed by atoms with van der Waals surface area (Å²) >= 11 is 0. The second-order valence-electron chi connectivity index (χ2n) is 3.79. The average molecular weight is 316 g/mol. The highest BCUT2D eigenvalue weighted by atomic mass is 32.2. The van der Waals surface area contributed by atoms with Gasteiger partial charge in [0, 0.05) is 6.54 Å². The van der Waals surface area contributed by atoms with Gasteiger partial charge in [-0.05, 0) is 12.1 Å². The molecule has 1 aromatic carbocycles. The third kappa shape index (κ3) is 4.23. The zero-order valence-corrected chi connectivity index (χ0v) is 11.1. The number of methoxy groups -OCH3 is 1. The minimum atomic E-state index is -4.49. The Kier molecular flexibility index (Phi) is 4.81. The fourth-order valence-corrected chi connectivity index (χ4v) is 2.45. The highest BCUT2D eigenvalue weighted by Gasteiger charge is 2.28. The van der Waals surface area contributed by atoms with Crippen molar-refractivity contribution in [1.82, 2.24) is 4.72 Å². The summed E-state index contributed by atoms with van der Waals surface area (Å²) in [4.78, 5) is -0.574. The molecular weight excluding hydrogens is 304 g/mol. The molecule has 10 heteroatoms. The number of hydrogen-bond acceptors (Lipinski definition) is 4. The van der Waals surface area contributed by atoms with Gasteiger partial charge in [-0.3, -0.25) is 0 Å². The van der Waals surface area contributed by atoms with Gasteiger partial charge in [-0.1, -0.05) is 0 Å². The molecule has 0 radical (unpaired) electrons. The van der Waals surface area contributed by atoms with Crippen LogP contribution in [-0.2, 0) is 10.0 Å². The Morgan fingerprint density at radius 1 is 1.35 bits per heavy atom. The van der Waals surface area contributed by atoms with Crippen molar-refractivity contribution in [2.75, 3.05) is 19.4 Å². The Morgan fingerprint density at radius 2 is 1.95 bits per heavy atom. The van der Waals surface area contributed by atoms with Gasteiger partial charge in [0.2, 0.25) is 10.0 Å². The smallest absolute Gasteiger partial charge is 0.390 e. The van der Waals surface area contributed by atoms with E-state index in [1.807, 2.05) is 0 Å². The third-order valence-corrected chi connectivity index (χ3v) is 3.70. The molecule has 0 unspecified atom stereocenters. The first kappa shape index (κ1) is 16.5. The number of sulfonamides is 1. The molecule has 114 valence electrons. The lowest BCUT2D eigenvalue weighted by atomic mass is 10.3. The van der Waals surface area contributed by atoms with Crippen LogP contribution in [-0.4, -0.2) is 28.2 Å². The number of halogens is 4. The SMILES string of the molecule is COc1c(N)cc(S(=O)(=O)NCCC(F)(F)F)cc1F. The minimum Gasteiger partial charge on any atom is -0.492 e. The van der Waals surface area contributed by atoms with Crippen LogP contribution in [0, 0.1) is 5.82 Å². The third-order valence-electron chi connectivity index (χ3n) is 2.26. The van der Waals surface area contributed by atoms with Gasteiger partial charge in [0.05, 0.1) is 24.1 Å². The van der Waals surface area contributed by atoms with Crippen LogP contribution in [0.15, 0.2) is 17.0 Å². The van der Waals surface area contributed by atoms with Crippen LogP contribution < -0.4 is 15.2 Å². The molecule has 0 spiro atoms. The van der Waals surface area contributed by atoms with Crippen LogP contribution in [0.1, 0.15) is 6.42 Å². The van der Waals surface area contributed by atoms with E-state index in [2.05, 4.69) is 4.74 Å². The number of hydrogen-bond donors (Lipinski definition) is 2. The van der Waals surface area contributed by atoms with E-state index in [0.29, 0.717) is 6.07 Å². The molecule has 0 atom stereocenters. The predicted molar refractivity (Wildman–Crippen MR) is 63.2 cm³/mol. The van der Waals surface area contributed by atoms with Gasteiger partial charge in [-0.25, -0.2) is 17.5 Å². The summed E-state index contributed by atoms with van der Waals surface area (Å²) in [7, 11) is -3.13. The average Bonchev–Trinajstić information content (AvgIpc) is 2.26. The number of ether oxygens (including phenoxy) is 1. The molecule has 0 aliphatic rings. The van der Waals surface area contributed by atoms with Crippen molar-refractivity contribution in [1.29, 1.82) is 0 Å². The summed E-state index contributed by atoms with van der Waals surface area (Å²) in [5, 5.41) is 0. The predicted octanol–water partition coefficient (Wildman–Crippen LogP) is 1.65. The summed E-state index contributed by atoms with van der Waals surface area (Å²) < 4.78 is 78.9. The fourth-order valence-electron chi connectivity index (χ4n) is 1.37. The van der Waals surface area contributed by atoms with Gasteiger partial charge >= 0.3 is 6.18 Å². The molecule has 0 heterocycles. The lowest BCUT2D eigenvalue weighted by Gasteiger charge is -2.11. The zero-order chi connectivity index (χ0) is 15.6. The highest BCUT2D eigenvalue weighted by Crippen LogP contribution is 2.28. The van der Waals surface area contributed by atoms with Crippen LogP contribution in [0.25, 0.3) is 0 Å². The van der Waals surface area contributed by atoms with E-state index in [4.69, 9.17) is 5.73 Å². The topological polar surface area (TPSA) is 81.4 Å². The van der Waals surface area contributed by atoms with Crippen LogP contribution in [0.4, 0.5) is 23.2 Å². The van der Waals surface area contributed by atoms with Gasteiger partial charge in [-0.15, -0.1) is 0 Å². The molecule has 1 rings (SSSR count). The van der Waals surface area contributed by atoms with Crippen LogP contribution >= 0.6 is 0 Å². The zero-order valence-electron chi connectivity index (χ0n) is 10.3. The highest BCUT2D eigenvalue weighted by molar-refractivity contribution is 7.89. The van der Waals surface area contributed by atoms with Crippen LogP contribution in [0.2, 0.25) is 0 Å². The molecular formula is C10H12F4N2O3S. The molecule has 0 aliphatic carbocycles. The number of rotatable bonds is 5. The molecule has 0 fully saturated rings. The van der Waals surface area contributed by atoms with E-state index in [-0.39, 0.29) is 11.4 Å². The number of nitrogens with two attached hydrogens (primary N) is 1. The molecule has 5 nitrogen and oxygen atoms in total. The standard InChI is InChI=1S/C10H12F4N2O3S/c1-19-9-7(11)4-6(5-8(9)15)20(17,18)16-3-2-10(12,13)14/h4-5,16H,2-3,15H2,1H3. The van der Waals surface area contributed by atoms with Gasteiger partial charge in [-0.2, -0.15) is 13.2 Å². The second-order valence-corrected chi connectivity index (χ2v) is 5.56. The summed E-state index contributed by atoms with van der Waals surface area (Å²) in [6, 6.07) is 1.52. The number of alkyl halides is 3. The number of nitrogen functional groups attached to an aromatic ring is 1. The largest absolute Gasteiger partial charge is 0.492 e. The molecule has 20 heavy (non-hydrogen) atoms. The van der Waals surface area contributed by atoms with Gasteiger partial charge < -0.3 is 10.5 Å². The van der Waals surface area contributed by atoms with Gasteiger partial charge in [0.25, 0.3) is 0 Å². The first-order chi connectivity index (χ1) is 9.07. The molecule has 1 aromatic rings. The summed E-state index contributed by atoms with van der Waals surface area (Å²) in [6.07, 6.45) is -5.83. The van der Waals surface area contributed by atoms with Crippen molar-refractivity contribution in [3.63, 3.8) is 0 Å². The molecule has 0 amide bonds. The maximum Gasteiger partial charge on any atom is 0.390 e. The molecule has 0 saturated heterocycles. The lowest BCUT2D eigenvalue weighted by Crippen LogP contribution is -2.28. The van der Waals surface area contributed by atoms with E-state index in [1.54, 1.807) is 4.72 Å². The van der Waals surface area contributed by atoms with Crippen molar-refractivity contribution in [2.24, 2.45) is 0 Å². The Bertz CT molecular complexity index is 564. The van der Waals surface area contributed by atoms with Crippen molar-refractivity contribution < 1.29 is 30.7 Å². The van der Waals surface area contributed by atoms with Crippen molar-refractivity contribution >= 4 is 15.7 Å². The van der Waals surface area contributed by atoms with Crippen LogP contribution in [0.5, 0.6) is 5.75 Å². The van der Waals surface area contributed by atoms with E-state index in [9.17, 15) is 26.0 Å². The summed E-state index contributed by atoms with van der Waals surface area (Å²) in [6.45, 7) is -0.848.